The van der Waals surface area contributed by atoms with E-state index < -0.39 is 28.6 Å². The number of hydrogen-bond acceptors (Lipinski definition) is 4. The van der Waals surface area contributed by atoms with Crippen LogP contribution >= 0.6 is 0 Å². The molecule has 2 N–H and O–H groups in total. The van der Waals surface area contributed by atoms with Crippen molar-refractivity contribution in [1.82, 2.24) is 4.98 Å². The molecule has 0 saturated carbocycles. The topological polar surface area (TPSA) is 105 Å². The van der Waals surface area contributed by atoms with Gasteiger partial charge in [-0.2, -0.15) is 0 Å². The molecule has 1 aromatic rings. The third-order valence-corrected chi connectivity index (χ3v) is 1.42. The Labute approximate surface area is 77.5 Å². The number of hydrogen-bond donors (Lipinski definition) is 2. The van der Waals surface area contributed by atoms with Gasteiger partial charge in [0.2, 0.25) is 0 Å². The van der Waals surface area contributed by atoms with Crippen LogP contribution in [0.1, 0.15) is 20.8 Å². The Hall–Kier alpha value is -2.24. The molecule has 0 bridgehead atoms. The van der Waals surface area contributed by atoms with Gasteiger partial charge < -0.3 is 10.2 Å². The summed E-state index contributed by atoms with van der Waals surface area (Å²) in [7, 11) is 0. The van der Waals surface area contributed by atoms with Crippen molar-refractivity contribution in [1.29, 1.82) is 0 Å². The normalized spacial score (nSPS) is 9.43. The minimum Gasteiger partial charge on any atom is -0.478 e. The van der Waals surface area contributed by atoms with Crippen LogP contribution in [-0.2, 0) is 0 Å². The highest BCUT2D eigenvalue weighted by Crippen LogP contribution is 2.01. The fourth-order valence-corrected chi connectivity index (χ4v) is 0.847. The molecule has 0 amide bonds. The molecule has 14 heavy (non-hydrogen) atoms. The lowest BCUT2D eigenvalue weighted by Crippen LogP contribution is -2.09. The molecule has 0 fully saturated rings. The molecular weight excluding hydrogens is 190 g/mol. The summed E-state index contributed by atoms with van der Waals surface area (Å²) in [4.78, 5) is 35.3. The average molecular weight is 195 g/mol. The van der Waals surface area contributed by atoms with Crippen LogP contribution in [0.4, 0.5) is 0 Å². The zero-order valence-electron chi connectivity index (χ0n) is 6.80. The molecule has 0 unspecified atom stereocenters. The molecular formula is C8H5NO5. The summed E-state index contributed by atoms with van der Waals surface area (Å²) >= 11 is 0. The first kappa shape index (κ1) is 9.85. The van der Waals surface area contributed by atoms with Crippen LogP contribution in [0.2, 0.25) is 0 Å². The van der Waals surface area contributed by atoms with Gasteiger partial charge in [-0.1, -0.05) is 0 Å². The van der Waals surface area contributed by atoms with E-state index in [1.807, 2.05) is 0 Å². The number of aromatic nitrogens is 1. The van der Waals surface area contributed by atoms with E-state index in [-0.39, 0.29) is 0 Å². The summed E-state index contributed by atoms with van der Waals surface area (Å²) < 4.78 is 0. The fraction of sp³-hybridized carbons (Fsp3) is 0. The van der Waals surface area contributed by atoms with Crippen molar-refractivity contribution >= 4 is 11.9 Å². The zero-order chi connectivity index (χ0) is 10.7. The van der Waals surface area contributed by atoms with Gasteiger partial charge in [-0.3, -0.25) is 4.79 Å². The Morgan fingerprint density at radius 3 is 2.36 bits per heavy atom. The van der Waals surface area contributed by atoms with Gasteiger partial charge in [0.1, 0.15) is 0 Å². The molecule has 1 aromatic heterocycles. The van der Waals surface area contributed by atoms with Crippen LogP contribution in [-0.4, -0.2) is 27.1 Å². The molecule has 1 heterocycles. The first-order valence-corrected chi connectivity index (χ1v) is 3.49. The maximum Gasteiger partial charge on any atom is 0.355 e. The van der Waals surface area contributed by atoms with E-state index in [4.69, 9.17) is 10.2 Å². The molecule has 0 saturated heterocycles. The van der Waals surface area contributed by atoms with Crippen molar-refractivity contribution in [3.05, 3.63) is 39.8 Å². The highest BCUT2D eigenvalue weighted by molar-refractivity contribution is 5.99. The first-order chi connectivity index (χ1) is 6.52. The van der Waals surface area contributed by atoms with Gasteiger partial charge >= 0.3 is 11.9 Å². The predicted octanol–water partition coefficient (Wildman–Crippen LogP) is -0.162. The summed E-state index contributed by atoms with van der Waals surface area (Å²) in [5.74, 6) is -2.98. The van der Waals surface area contributed by atoms with E-state index in [0.717, 1.165) is 18.3 Å². The van der Waals surface area contributed by atoms with E-state index in [2.05, 4.69) is 4.98 Å². The van der Waals surface area contributed by atoms with Gasteiger partial charge in [-0.25, -0.2) is 14.6 Å². The maximum atomic E-state index is 10.9. The molecule has 1 rings (SSSR count). The van der Waals surface area contributed by atoms with Crippen LogP contribution in [0, 0.1) is 0 Å². The lowest BCUT2D eigenvalue weighted by Gasteiger charge is -1.93. The quantitative estimate of drug-likeness (QED) is 0.679. The van der Waals surface area contributed by atoms with E-state index in [0.29, 0.717) is 0 Å². The van der Waals surface area contributed by atoms with Crippen molar-refractivity contribution in [2.75, 3.05) is 0 Å². The Balaban J connectivity index is 3.59. The van der Waals surface area contributed by atoms with E-state index in [1.165, 1.54) is 0 Å². The molecule has 0 aliphatic carbocycles. The molecule has 0 aliphatic heterocycles. The van der Waals surface area contributed by atoms with Crippen LogP contribution < -0.4 is 5.43 Å². The van der Waals surface area contributed by atoms with Crippen LogP contribution in [0.25, 0.3) is 0 Å². The van der Waals surface area contributed by atoms with Crippen LogP contribution in [0.15, 0.2) is 23.1 Å². The van der Waals surface area contributed by atoms with Crippen molar-refractivity contribution < 1.29 is 19.8 Å². The Bertz CT molecular complexity index is 454. The Morgan fingerprint density at radius 1 is 1.21 bits per heavy atom. The van der Waals surface area contributed by atoms with Crippen molar-refractivity contribution in [2.24, 2.45) is 0 Å². The second-order valence-corrected chi connectivity index (χ2v) is 2.36. The lowest BCUT2D eigenvalue weighted by atomic mass is 10.2. The van der Waals surface area contributed by atoms with Gasteiger partial charge in [0, 0.05) is 18.3 Å². The lowest BCUT2D eigenvalue weighted by molar-refractivity contribution is 0.0647. The minimum absolute atomic E-state index is 0.609. The number of nitrogens with zero attached hydrogens (tertiary/aromatic N) is 1. The molecule has 0 spiro atoms. The smallest absolute Gasteiger partial charge is 0.355 e. The highest BCUT2D eigenvalue weighted by atomic mass is 16.4. The van der Waals surface area contributed by atoms with Crippen LogP contribution in [0.3, 0.4) is 0 Å². The van der Waals surface area contributed by atoms with Gasteiger partial charge in [0.25, 0.3) is 0 Å². The first-order valence-electron chi connectivity index (χ1n) is 3.49. The maximum absolute atomic E-state index is 10.9. The monoisotopic (exact) mass is 195 g/mol. The second kappa shape index (κ2) is 3.65. The summed E-state index contributed by atoms with van der Waals surface area (Å²) in [5.41, 5.74) is -1.88. The van der Waals surface area contributed by atoms with E-state index in [9.17, 15) is 14.4 Å². The number of carboxylic acids is 2. The third kappa shape index (κ3) is 1.92. The molecule has 6 nitrogen and oxygen atoms in total. The summed E-state index contributed by atoms with van der Waals surface area (Å²) in [6, 6.07) is 1.71. The predicted molar refractivity (Wildman–Crippen MR) is 44.4 cm³/mol. The van der Waals surface area contributed by atoms with Gasteiger partial charge in [0.05, 0.1) is 5.56 Å². The Kier molecular flexibility index (Phi) is 2.57. The number of rotatable bonds is 2. The number of carboxylic acid groups (broad SMARTS) is 2. The van der Waals surface area contributed by atoms with Gasteiger partial charge in [0.15, 0.2) is 11.1 Å². The summed E-state index contributed by atoms with van der Waals surface area (Å²) in [5, 5.41) is 17.2. The van der Waals surface area contributed by atoms with Crippen molar-refractivity contribution in [3.63, 3.8) is 0 Å². The number of aromatic carboxylic acids is 2. The number of carbonyl (C=O) groups is 2. The summed E-state index contributed by atoms with van der Waals surface area (Å²) in [6.07, 6.45) is 0.957. The SMILES string of the molecule is O=C(O)c1cc(=O)ccnc1C(=O)O. The Morgan fingerprint density at radius 2 is 1.86 bits per heavy atom. The van der Waals surface area contributed by atoms with Gasteiger partial charge in [-0.05, 0) is 0 Å². The van der Waals surface area contributed by atoms with Gasteiger partial charge in [-0.15, -0.1) is 0 Å². The molecule has 6 heteroatoms. The third-order valence-electron chi connectivity index (χ3n) is 1.42. The zero-order valence-corrected chi connectivity index (χ0v) is 6.80. The van der Waals surface area contributed by atoms with E-state index >= 15 is 0 Å². The molecule has 0 aliphatic rings. The average Bonchev–Trinajstić information content (AvgIpc) is 2.26. The summed E-state index contributed by atoms with van der Waals surface area (Å²) in [6.45, 7) is 0. The largest absolute Gasteiger partial charge is 0.478 e. The van der Waals surface area contributed by atoms with Crippen molar-refractivity contribution in [3.8, 4) is 0 Å². The van der Waals surface area contributed by atoms with Crippen LogP contribution in [0.5, 0.6) is 0 Å². The molecule has 0 atom stereocenters. The molecule has 0 aromatic carbocycles. The second-order valence-electron chi connectivity index (χ2n) is 2.36. The van der Waals surface area contributed by atoms with Crippen molar-refractivity contribution in [2.45, 2.75) is 0 Å². The standard InChI is InChI=1S/C8H5NO5/c10-4-1-2-9-6(8(13)14)5(3-4)7(11)12/h1-3H,(H,11,12)(H,13,14). The van der Waals surface area contributed by atoms with E-state index in [1.54, 1.807) is 0 Å². The fourth-order valence-electron chi connectivity index (χ4n) is 0.847. The molecule has 0 radical (unpaired) electrons. The minimum atomic E-state index is -1.50. The highest BCUT2D eigenvalue weighted by Gasteiger charge is 2.16. The molecule has 72 valence electrons.